The van der Waals surface area contributed by atoms with Gasteiger partial charge in [-0.25, -0.2) is 19.9 Å². The first-order valence-electron chi connectivity index (χ1n) is 17.5. The Kier molecular flexibility index (Phi) is 6.83. The second kappa shape index (κ2) is 12.0. The molecular formula is C46H27N5S2. The monoisotopic (exact) mass is 713 g/mol. The minimum atomic E-state index is 0.638. The van der Waals surface area contributed by atoms with Crippen molar-refractivity contribution < 1.29 is 0 Å². The van der Waals surface area contributed by atoms with Gasteiger partial charge < -0.3 is 4.57 Å². The number of thiophene rings is 1. The molecule has 4 aromatic heterocycles. The van der Waals surface area contributed by atoms with Crippen molar-refractivity contribution in [2.75, 3.05) is 0 Å². The van der Waals surface area contributed by atoms with Crippen molar-refractivity contribution in [3.8, 4) is 50.4 Å². The number of benzene rings is 7. The molecule has 4 heterocycles. The highest BCUT2D eigenvalue weighted by Gasteiger charge is 2.19. The quantitative estimate of drug-likeness (QED) is 0.178. The Morgan fingerprint density at radius 3 is 1.94 bits per heavy atom. The molecule has 0 unspecified atom stereocenters. The Hall–Kier alpha value is -6.54. The van der Waals surface area contributed by atoms with E-state index in [9.17, 15) is 0 Å². The average Bonchev–Trinajstić information content (AvgIpc) is 3.93. The van der Waals surface area contributed by atoms with E-state index in [1.165, 1.54) is 24.9 Å². The highest BCUT2D eigenvalue weighted by Crippen LogP contribution is 2.42. The topological polar surface area (TPSA) is 56.5 Å². The van der Waals surface area contributed by atoms with Gasteiger partial charge in [-0.15, -0.1) is 22.7 Å². The molecule has 53 heavy (non-hydrogen) atoms. The van der Waals surface area contributed by atoms with E-state index in [2.05, 4.69) is 144 Å². The zero-order valence-electron chi connectivity index (χ0n) is 28.1. The molecule has 5 nitrogen and oxygen atoms in total. The fourth-order valence-corrected chi connectivity index (χ4v) is 9.53. The van der Waals surface area contributed by atoms with Crippen LogP contribution in [0, 0.1) is 0 Å². The molecule has 0 atom stereocenters. The van der Waals surface area contributed by atoms with Gasteiger partial charge in [0.25, 0.3) is 0 Å². The molecule has 0 amide bonds. The van der Waals surface area contributed by atoms with Crippen molar-refractivity contribution >= 4 is 74.9 Å². The largest absolute Gasteiger partial charge is 0.309 e. The number of nitrogens with zero attached hydrogens (tertiary/aromatic N) is 5. The Labute approximate surface area is 312 Å². The number of hydrogen-bond donors (Lipinski definition) is 0. The Bertz CT molecular complexity index is 3150. The highest BCUT2D eigenvalue weighted by atomic mass is 32.1. The number of para-hydroxylation sites is 3. The van der Waals surface area contributed by atoms with Crippen LogP contribution in [-0.2, 0) is 0 Å². The maximum atomic E-state index is 5.26. The van der Waals surface area contributed by atoms with Crippen LogP contribution in [0.25, 0.3) is 103 Å². The fourth-order valence-electron chi connectivity index (χ4n) is 7.45. The van der Waals surface area contributed by atoms with Crippen molar-refractivity contribution in [3.05, 3.63) is 164 Å². The molecule has 0 spiro atoms. The van der Waals surface area contributed by atoms with Gasteiger partial charge in [-0.3, -0.25) is 0 Å². The summed E-state index contributed by atoms with van der Waals surface area (Å²) in [6, 6.07) is 57.3. The lowest BCUT2D eigenvalue weighted by atomic mass is 10.0. The zero-order chi connectivity index (χ0) is 34.9. The van der Waals surface area contributed by atoms with E-state index >= 15 is 0 Å². The van der Waals surface area contributed by atoms with Gasteiger partial charge in [0, 0.05) is 58.9 Å². The van der Waals surface area contributed by atoms with Crippen LogP contribution in [0.15, 0.2) is 164 Å². The minimum absolute atomic E-state index is 0.638. The normalized spacial score (nSPS) is 11.8. The lowest BCUT2D eigenvalue weighted by molar-refractivity contribution is 1.08. The summed E-state index contributed by atoms with van der Waals surface area (Å²) in [4.78, 5) is 20.5. The van der Waals surface area contributed by atoms with E-state index in [1.54, 1.807) is 22.7 Å². The van der Waals surface area contributed by atoms with Gasteiger partial charge >= 0.3 is 0 Å². The van der Waals surface area contributed by atoms with E-state index in [-0.39, 0.29) is 0 Å². The molecule has 0 radical (unpaired) electrons. The third-order valence-electron chi connectivity index (χ3n) is 9.89. The summed E-state index contributed by atoms with van der Waals surface area (Å²) < 4.78 is 5.92. The van der Waals surface area contributed by atoms with E-state index < -0.39 is 0 Å². The highest BCUT2D eigenvalue weighted by molar-refractivity contribution is 7.26. The molecule has 0 N–H and O–H groups in total. The predicted molar refractivity (Wildman–Crippen MR) is 222 cm³/mol. The number of hydrogen-bond acceptors (Lipinski definition) is 6. The summed E-state index contributed by atoms with van der Waals surface area (Å²) in [6.07, 6.45) is 0. The van der Waals surface area contributed by atoms with Crippen LogP contribution >= 0.6 is 22.7 Å². The van der Waals surface area contributed by atoms with E-state index in [0.29, 0.717) is 17.5 Å². The second-order valence-electron chi connectivity index (χ2n) is 13.1. The second-order valence-corrected chi connectivity index (χ2v) is 15.2. The van der Waals surface area contributed by atoms with Crippen LogP contribution in [0.1, 0.15) is 0 Å². The van der Waals surface area contributed by atoms with E-state index in [1.807, 2.05) is 24.3 Å². The molecule has 11 aromatic rings. The summed E-state index contributed by atoms with van der Waals surface area (Å²) in [6.45, 7) is 0. The number of thiazole rings is 1. The molecule has 248 valence electrons. The summed E-state index contributed by atoms with van der Waals surface area (Å²) >= 11 is 3.52. The van der Waals surface area contributed by atoms with Crippen LogP contribution in [0.4, 0.5) is 0 Å². The third-order valence-corrected chi connectivity index (χ3v) is 12.1. The van der Waals surface area contributed by atoms with Gasteiger partial charge in [-0.2, -0.15) is 0 Å². The van der Waals surface area contributed by atoms with Gasteiger partial charge in [0.2, 0.25) is 0 Å². The lowest BCUT2D eigenvalue weighted by Gasteiger charge is -2.10. The van der Waals surface area contributed by atoms with Crippen LogP contribution in [0.3, 0.4) is 0 Å². The first-order valence-corrected chi connectivity index (χ1v) is 19.1. The molecule has 0 aliphatic rings. The molecule has 0 saturated heterocycles. The molecule has 0 saturated carbocycles. The van der Waals surface area contributed by atoms with Gasteiger partial charge in [0.1, 0.15) is 5.01 Å². The van der Waals surface area contributed by atoms with Crippen LogP contribution in [-0.4, -0.2) is 24.5 Å². The molecule has 0 aliphatic heterocycles. The van der Waals surface area contributed by atoms with E-state index in [4.69, 9.17) is 19.9 Å². The maximum Gasteiger partial charge on any atom is 0.164 e. The predicted octanol–water partition coefficient (Wildman–Crippen LogP) is 12.6. The summed E-state index contributed by atoms with van der Waals surface area (Å²) in [7, 11) is 0. The standard InChI is InChI=1S/C46H27N5S2/c1-3-12-28(13-4-1)43-48-44(29-22-24-38-34(26-29)32-16-7-9-19-37(32)51(38)31-14-5-2-6-15-31)50-45(49-43)33-17-11-21-41-42(33)35-27-30(23-25-39(35)52-41)46-47-36-18-8-10-20-40(36)53-46/h1-27H. The maximum absolute atomic E-state index is 5.26. The van der Waals surface area contributed by atoms with Crippen molar-refractivity contribution in [1.29, 1.82) is 0 Å². The SMILES string of the molecule is c1ccc(-c2nc(-c3ccc4c(c3)c3ccccc3n4-c3ccccc3)nc(-c3cccc4sc5ccc(-c6nc7ccccc7s6)cc5c34)n2)cc1. The van der Waals surface area contributed by atoms with Crippen LogP contribution < -0.4 is 0 Å². The fraction of sp³-hybridized carbons (Fsp3) is 0. The van der Waals surface area contributed by atoms with Gasteiger partial charge in [0.05, 0.1) is 21.3 Å². The first kappa shape index (κ1) is 30.1. The number of fused-ring (bicyclic) bond motifs is 7. The molecule has 7 aromatic carbocycles. The molecule has 7 heteroatoms. The summed E-state index contributed by atoms with van der Waals surface area (Å²) in [5.74, 6) is 1.93. The van der Waals surface area contributed by atoms with Crippen molar-refractivity contribution in [2.45, 2.75) is 0 Å². The van der Waals surface area contributed by atoms with Crippen molar-refractivity contribution in [1.82, 2.24) is 24.5 Å². The Balaban J connectivity index is 1.12. The van der Waals surface area contributed by atoms with Crippen molar-refractivity contribution in [2.24, 2.45) is 0 Å². The third kappa shape index (κ3) is 4.97. The Morgan fingerprint density at radius 2 is 1.08 bits per heavy atom. The van der Waals surface area contributed by atoms with Gasteiger partial charge in [-0.1, -0.05) is 97.1 Å². The molecule has 0 bridgehead atoms. The lowest BCUT2D eigenvalue weighted by Crippen LogP contribution is -2.00. The van der Waals surface area contributed by atoms with Gasteiger partial charge in [0.15, 0.2) is 17.5 Å². The number of rotatable bonds is 5. The molecule has 11 rings (SSSR count). The first-order chi connectivity index (χ1) is 26.2. The molecule has 0 aliphatic carbocycles. The van der Waals surface area contributed by atoms with E-state index in [0.717, 1.165) is 60.3 Å². The molecular weight excluding hydrogens is 687 g/mol. The smallest absolute Gasteiger partial charge is 0.164 e. The average molecular weight is 714 g/mol. The Morgan fingerprint density at radius 1 is 0.396 bits per heavy atom. The molecule has 0 fully saturated rings. The van der Waals surface area contributed by atoms with Gasteiger partial charge in [-0.05, 0) is 66.7 Å². The summed E-state index contributed by atoms with van der Waals surface area (Å²) in [5, 5.41) is 5.68. The zero-order valence-corrected chi connectivity index (χ0v) is 29.8. The van der Waals surface area contributed by atoms with Crippen LogP contribution in [0.2, 0.25) is 0 Å². The van der Waals surface area contributed by atoms with Crippen LogP contribution in [0.5, 0.6) is 0 Å². The number of aromatic nitrogens is 5. The summed E-state index contributed by atoms with van der Waals surface area (Å²) in [5.41, 5.74) is 8.43. The van der Waals surface area contributed by atoms with Crippen molar-refractivity contribution in [3.63, 3.8) is 0 Å². The minimum Gasteiger partial charge on any atom is -0.309 e.